The Morgan fingerprint density at radius 1 is 1.03 bits per heavy atom. The molecule has 3 aromatic carbocycles. The van der Waals surface area contributed by atoms with Gasteiger partial charge in [-0.3, -0.25) is 14.5 Å². The molecule has 2 atom stereocenters. The SMILES string of the molecule is COC(=O)[C@@H]1C[C@@H](NC(=O)c2cccc(OC)c2)CN1Cc1cccc2ccccc12. The van der Waals surface area contributed by atoms with Crippen LogP contribution < -0.4 is 10.1 Å². The number of nitrogens with zero attached hydrogens (tertiary/aromatic N) is 1. The van der Waals surface area contributed by atoms with Crippen LogP contribution >= 0.6 is 0 Å². The summed E-state index contributed by atoms with van der Waals surface area (Å²) in [6, 6.07) is 20.9. The van der Waals surface area contributed by atoms with Gasteiger partial charge in [0.15, 0.2) is 0 Å². The molecular formula is C25H26N2O4. The van der Waals surface area contributed by atoms with Gasteiger partial charge in [0.25, 0.3) is 5.91 Å². The second kappa shape index (κ2) is 9.18. The Labute approximate surface area is 181 Å². The Morgan fingerprint density at radius 3 is 2.61 bits per heavy atom. The van der Waals surface area contributed by atoms with Crippen molar-refractivity contribution < 1.29 is 19.1 Å². The Kier molecular flexibility index (Phi) is 6.18. The number of likely N-dealkylation sites (tertiary alicyclic amines) is 1. The van der Waals surface area contributed by atoms with Gasteiger partial charge in [-0.25, -0.2) is 0 Å². The molecule has 0 bridgehead atoms. The molecule has 0 spiro atoms. The number of hydrogen-bond donors (Lipinski definition) is 1. The van der Waals surface area contributed by atoms with Crippen LogP contribution in [0.4, 0.5) is 0 Å². The number of nitrogens with one attached hydrogen (secondary N) is 1. The van der Waals surface area contributed by atoms with Crippen molar-refractivity contribution in [2.75, 3.05) is 20.8 Å². The lowest BCUT2D eigenvalue weighted by Gasteiger charge is -2.23. The van der Waals surface area contributed by atoms with Crippen LogP contribution in [0.25, 0.3) is 10.8 Å². The number of benzene rings is 3. The Balaban J connectivity index is 1.52. The minimum Gasteiger partial charge on any atom is -0.497 e. The maximum absolute atomic E-state index is 12.8. The Hall–Kier alpha value is -3.38. The van der Waals surface area contributed by atoms with Gasteiger partial charge in [-0.2, -0.15) is 0 Å². The molecule has 4 rings (SSSR count). The lowest BCUT2D eigenvalue weighted by atomic mass is 10.0. The molecule has 1 saturated heterocycles. The van der Waals surface area contributed by atoms with E-state index in [2.05, 4.69) is 34.5 Å². The van der Waals surface area contributed by atoms with Crippen molar-refractivity contribution in [2.24, 2.45) is 0 Å². The van der Waals surface area contributed by atoms with Crippen LogP contribution in [-0.4, -0.2) is 49.6 Å². The van der Waals surface area contributed by atoms with E-state index < -0.39 is 6.04 Å². The lowest BCUT2D eigenvalue weighted by Crippen LogP contribution is -2.37. The quantitative estimate of drug-likeness (QED) is 0.622. The van der Waals surface area contributed by atoms with Crippen LogP contribution in [0, 0.1) is 0 Å². The second-order valence-corrected chi connectivity index (χ2v) is 7.74. The minimum absolute atomic E-state index is 0.155. The monoisotopic (exact) mass is 418 g/mol. The molecule has 1 fully saturated rings. The van der Waals surface area contributed by atoms with Crippen molar-refractivity contribution in [2.45, 2.75) is 25.0 Å². The smallest absolute Gasteiger partial charge is 0.323 e. The number of ether oxygens (including phenoxy) is 2. The average Bonchev–Trinajstić information content (AvgIpc) is 3.20. The summed E-state index contributed by atoms with van der Waals surface area (Å²) >= 11 is 0. The topological polar surface area (TPSA) is 67.9 Å². The summed E-state index contributed by atoms with van der Waals surface area (Å²) in [6.07, 6.45) is 0.507. The van der Waals surface area contributed by atoms with E-state index in [0.29, 0.717) is 30.8 Å². The molecule has 0 saturated carbocycles. The molecule has 6 nitrogen and oxygen atoms in total. The van der Waals surface area contributed by atoms with Gasteiger partial charge >= 0.3 is 5.97 Å². The van der Waals surface area contributed by atoms with E-state index in [-0.39, 0.29) is 17.9 Å². The molecule has 1 heterocycles. The fraction of sp³-hybridized carbons (Fsp3) is 0.280. The molecule has 31 heavy (non-hydrogen) atoms. The Bertz CT molecular complexity index is 1090. The third-order valence-electron chi connectivity index (χ3n) is 5.80. The first-order chi connectivity index (χ1) is 15.1. The summed E-state index contributed by atoms with van der Waals surface area (Å²) in [7, 11) is 2.97. The van der Waals surface area contributed by atoms with Crippen LogP contribution in [0.1, 0.15) is 22.3 Å². The number of methoxy groups -OCH3 is 2. The highest BCUT2D eigenvalue weighted by molar-refractivity contribution is 5.95. The van der Waals surface area contributed by atoms with Gasteiger partial charge in [0.1, 0.15) is 11.8 Å². The molecule has 6 heteroatoms. The van der Waals surface area contributed by atoms with Crippen LogP contribution in [0.15, 0.2) is 66.7 Å². The standard InChI is InChI=1S/C25H26N2O4/c1-30-21-11-6-9-18(13-21)24(28)26-20-14-23(25(29)31-2)27(16-20)15-19-10-5-8-17-7-3-4-12-22(17)19/h3-13,20,23H,14-16H2,1-2H3,(H,26,28)/t20-,23+/m1/s1. The van der Waals surface area contributed by atoms with Gasteiger partial charge in [-0.15, -0.1) is 0 Å². The summed E-state index contributed by atoms with van der Waals surface area (Å²) in [4.78, 5) is 27.3. The molecule has 1 N–H and O–H groups in total. The largest absolute Gasteiger partial charge is 0.497 e. The molecule has 1 aliphatic heterocycles. The number of fused-ring (bicyclic) bond motifs is 1. The molecule has 0 aliphatic carbocycles. The van der Waals surface area contributed by atoms with Crippen molar-refractivity contribution in [3.8, 4) is 5.75 Å². The number of hydrogen-bond acceptors (Lipinski definition) is 5. The highest BCUT2D eigenvalue weighted by atomic mass is 16.5. The van der Waals surface area contributed by atoms with Gasteiger partial charge in [0, 0.05) is 24.7 Å². The third-order valence-corrected chi connectivity index (χ3v) is 5.80. The van der Waals surface area contributed by atoms with Crippen molar-refractivity contribution >= 4 is 22.6 Å². The maximum Gasteiger partial charge on any atom is 0.323 e. The molecule has 0 radical (unpaired) electrons. The number of carbonyl (C=O) groups is 2. The summed E-state index contributed by atoms with van der Waals surface area (Å²) in [6.45, 7) is 1.17. The van der Waals surface area contributed by atoms with Gasteiger partial charge in [-0.1, -0.05) is 48.5 Å². The van der Waals surface area contributed by atoms with E-state index in [1.807, 2.05) is 18.2 Å². The predicted octanol–water partition coefficient (Wildman–Crippen LogP) is 3.39. The molecule has 1 aliphatic rings. The van der Waals surface area contributed by atoms with Gasteiger partial charge in [0.05, 0.1) is 14.2 Å². The first-order valence-electron chi connectivity index (χ1n) is 10.3. The first-order valence-corrected chi connectivity index (χ1v) is 10.3. The zero-order chi connectivity index (χ0) is 21.8. The van der Waals surface area contributed by atoms with Crippen LogP contribution in [0.3, 0.4) is 0 Å². The number of carbonyl (C=O) groups excluding carboxylic acids is 2. The molecule has 1 amide bonds. The van der Waals surface area contributed by atoms with Crippen LogP contribution in [0.5, 0.6) is 5.75 Å². The zero-order valence-corrected chi connectivity index (χ0v) is 17.7. The lowest BCUT2D eigenvalue weighted by molar-refractivity contribution is -0.146. The number of rotatable bonds is 6. The van der Waals surface area contributed by atoms with Crippen molar-refractivity contribution in [1.29, 1.82) is 0 Å². The average molecular weight is 418 g/mol. The van der Waals surface area contributed by atoms with E-state index in [9.17, 15) is 9.59 Å². The van der Waals surface area contributed by atoms with Gasteiger partial charge < -0.3 is 14.8 Å². The normalized spacial score (nSPS) is 18.6. The molecule has 3 aromatic rings. The van der Waals surface area contributed by atoms with E-state index >= 15 is 0 Å². The summed E-state index contributed by atoms with van der Waals surface area (Å²) in [5.41, 5.74) is 1.67. The van der Waals surface area contributed by atoms with E-state index in [1.165, 1.54) is 7.11 Å². The molecule has 160 valence electrons. The van der Waals surface area contributed by atoms with Gasteiger partial charge in [-0.05, 0) is 41.0 Å². The summed E-state index contributed by atoms with van der Waals surface area (Å²) < 4.78 is 10.3. The number of esters is 1. The van der Waals surface area contributed by atoms with Crippen molar-refractivity contribution in [1.82, 2.24) is 10.2 Å². The first kappa shape index (κ1) is 20.9. The third kappa shape index (κ3) is 4.54. The van der Waals surface area contributed by atoms with Crippen LogP contribution in [-0.2, 0) is 16.1 Å². The zero-order valence-electron chi connectivity index (χ0n) is 17.7. The fourth-order valence-electron chi connectivity index (χ4n) is 4.25. The number of amides is 1. The molecular weight excluding hydrogens is 392 g/mol. The highest BCUT2D eigenvalue weighted by Gasteiger charge is 2.38. The predicted molar refractivity (Wildman–Crippen MR) is 119 cm³/mol. The van der Waals surface area contributed by atoms with E-state index in [0.717, 1.165) is 16.3 Å². The fourth-order valence-corrected chi connectivity index (χ4v) is 4.25. The molecule has 0 unspecified atom stereocenters. The minimum atomic E-state index is -0.403. The maximum atomic E-state index is 12.8. The van der Waals surface area contributed by atoms with Gasteiger partial charge in [0.2, 0.25) is 0 Å². The van der Waals surface area contributed by atoms with Crippen LogP contribution in [0.2, 0.25) is 0 Å². The summed E-state index contributed by atoms with van der Waals surface area (Å²) in [5.74, 6) is 0.169. The highest BCUT2D eigenvalue weighted by Crippen LogP contribution is 2.26. The summed E-state index contributed by atoms with van der Waals surface area (Å²) in [5, 5.41) is 5.39. The van der Waals surface area contributed by atoms with E-state index in [1.54, 1.807) is 31.4 Å². The second-order valence-electron chi connectivity index (χ2n) is 7.74. The van der Waals surface area contributed by atoms with Crippen molar-refractivity contribution in [3.63, 3.8) is 0 Å². The van der Waals surface area contributed by atoms with E-state index in [4.69, 9.17) is 9.47 Å². The Morgan fingerprint density at radius 2 is 1.81 bits per heavy atom. The molecule has 0 aromatic heterocycles. The van der Waals surface area contributed by atoms with Crippen molar-refractivity contribution in [3.05, 3.63) is 77.9 Å².